The van der Waals surface area contributed by atoms with E-state index in [1.807, 2.05) is 35.2 Å². The number of fused-ring (bicyclic) bond motifs is 1. The summed E-state index contributed by atoms with van der Waals surface area (Å²) in [7, 11) is -3.09. The third-order valence-corrected chi connectivity index (χ3v) is 8.75. The largest absolute Gasteiger partial charge is 0.372 e. The van der Waals surface area contributed by atoms with Gasteiger partial charge in [0.1, 0.15) is 0 Å². The van der Waals surface area contributed by atoms with Gasteiger partial charge in [-0.1, -0.05) is 30.0 Å². The van der Waals surface area contributed by atoms with Crippen LogP contribution in [0.15, 0.2) is 59.6 Å². The first-order valence-electron chi connectivity index (χ1n) is 10.1. The number of carbonyl (C=O) groups excluding carboxylic acids is 1. The highest BCUT2D eigenvalue weighted by atomic mass is 32.2. The van der Waals surface area contributed by atoms with E-state index in [2.05, 4.69) is 23.7 Å². The Hall–Kier alpha value is -2.32. The Balaban J connectivity index is 1.69. The summed E-state index contributed by atoms with van der Waals surface area (Å²) in [6, 6.07) is 16.8. The molecule has 0 saturated carbocycles. The summed E-state index contributed by atoms with van der Waals surface area (Å²) < 4.78 is 24.5. The second kappa shape index (κ2) is 8.43. The van der Waals surface area contributed by atoms with E-state index in [1.165, 1.54) is 11.8 Å². The lowest BCUT2D eigenvalue weighted by Crippen LogP contribution is -2.37. The molecule has 6 nitrogen and oxygen atoms in total. The fourth-order valence-corrected chi connectivity index (χ4v) is 7.92. The number of benzene rings is 2. The molecule has 2 aliphatic heterocycles. The zero-order valence-corrected chi connectivity index (χ0v) is 18.7. The Morgan fingerprint density at radius 1 is 1.07 bits per heavy atom. The van der Waals surface area contributed by atoms with Gasteiger partial charge in [-0.3, -0.25) is 4.79 Å². The minimum absolute atomic E-state index is 0.0843. The van der Waals surface area contributed by atoms with Crippen molar-refractivity contribution in [3.63, 3.8) is 0 Å². The maximum absolute atomic E-state index is 12.7. The number of nitrogens with zero attached hydrogens (tertiary/aromatic N) is 3. The molecule has 2 fully saturated rings. The van der Waals surface area contributed by atoms with Crippen molar-refractivity contribution in [2.24, 2.45) is 4.99 Å². The Morgan fingerprint density at radius 2 is 1.73 bits per heavy atom. The summed E-state index contributed by atoms with van der Waals surface area (Å²) in [6.07, 6.45) is 0. The lowest BCUT2D eigenvalue weighted by molar-refractivity contribution is 0.100. The van der Waals surface area contributed by atoms with Gasteiger partial charge >= 0.3 is 0 Å². The molecular weight excluding hydrogens is 418 g/mol. The topological polar surface area (TPSA) is 70.0 Å². The zero-order chi connectivity index (χ0) is 21.3. The average Bonchev–Trinajstić information content (AvgIpc) is 3.21. The smallest absolute Gasteiger partial charge is 0.279 e. The van der Waals surface area contributed by atoms with Crippen LogP contribution in [0.3, 0.4) is 0 Å². The van der Waals surface area contributed by atoms with Crippen LogP contribution >= 0.6 is 11.8 Å². The van der Waals surface area contributed by atoms with Crippen molar-refractivity contribution in [1.82, 2.24) is 0 Å². The maximum atomic E-state index is 12.7. The summed E-state index contributed by atoms with van der Waals surface area (Å²) in [5, 5.41) is 0.462. The molecule has 2 atom stereocenters. The molecule has 0 radical (unpaired) electrons. The molecule has 4 rings (SSSR count). The summed E-state index contributed by atoms with van der Waals surface area (Å²) in [6.45, 7) is 6.05. The predicted octanol–water partition coefficient (Wildman–Crippen LogP) is 3.45. The van der Waals surface area contributed by atoms with Crippen molar-refractivity contribution in [3.05, 3.63) is 60.2 Å². The van der Waals surface area contributed by atoms with E-state index >= 15 is 0 Å². The summed E-state index contributed by atoms with van der Waals surface area (Å²) in [4.78, 5) is 21.3. The number of thioether (sulfide) groups is 1. The number of sulfone groups is 1. The second-order valence-electron chi connectivity index (χ2n) is 7.42. The summed E-state index contributed by atoms with van der Waals surface area (Å²) in [5.74, 6) is -0.110. The minimum atomic E-state index is -3.09. The van der Waals surface area contributed by atoms with Gasteiger partial charge in [0, 0.05) is 35.3 Å². The highest BCUT2D eigenvalue weighted by Gasteiger charge is 2.49. The Bertz CT molecular complexity index is 1050. The minimum Gasteiger partial charge on any atom is -0.372 e. The molecule has 0 aromatic heterocycles. The van der Waals surface area contributed by atoms with E-state index in [4.69, 9.17) is 0 Å². The quantitative estimate of drug-likeness (QED) is 0.705. The van der Waals surface area contributed by atoms with Gasteiger partial charge in [0.25, 0.3) is 5.91 Å². The molecule has 0 aliphatic carbocycles. The van der Waals surface area contributed by atoms with Gasteiger partial charge in [0.2, 0.25) is 0 Å². The van der Waals surface area contributed by atoms with E-state index in [9.17, 15) is 13.2 Å². The fourth-order valence-electron chi connectivity index (χ4n) is 4.01. The third kappa shape index (κ3) is 4.11. The molecule has 0 bridgehead atoms. The van der Waals surface area contributed by atoms with E-state index in [1.54, 1.807) is 24.3 Å². The molecule has 2 saturated heterocycles. The van der Waals surface area contributed by atoms with Crippen LogP contribution in [0, 0.1) is 0 Å². The first kappa shape index (κ1) is 20.9. The SMILES string of the molecule is CCN(CC)c1ccc(N2C(=NC(=O)c3ccccc3)SC3CS(=O)(=O)CC32)cc1. The second-order valence-corrected chi connectivity index (χ2v) is 10.8. The van der Waals surface area contributed by atoms with Crippen LogP contribution in [0.2, 0.25) is 0 Å². The van der Waals surface area contributed by atoms with Crippen LogP contribution in [0.4, 0.5) is 11.4 Å². The number of amidine groups is 1. The standard InChI is InChI=1S/C22H25N3O3S2/c1-3-24(4-2)17-10-12-18(13-11-17)25-19-14-30(27,28)15-20(19)29-22(25)23-21(26)16-8-6-5-7-9-16/h5-13,19-20H,3-4,14-15H2,1-2H3. The molecule has 0 spiro atoms. The molecule has 0 N–H and O–H groups in total. The van der Waals surface area contributed by atoms with Crippen LogP contribution < -0.4 is 9.80 Å². The molecular formula is C22H25N3O3S2. The number of rotatable bonds is 5. The molecule has 2 unspecified atom stereocenters. The lowest BCUT2D eigenvalue weighted by Gasteiger charge is -2.26. The van der Waals surface area contributed by atoms with Crippen molar-refractivity contribution in [1.29, 1.82) is 0 Å². The molecule has 8 heteroatoms. The Kier molecular flexibility index (Phi) is 5.88. The zero-order valence-electron chi connectivity index (χ0n) is 17.1. The van der Waals surface area contributed by atoms with Gasteiger partial charge in [-0.15, -0.1) is 0 Å². The molecule has 2 heterocycles. The van der Waals surface area contributed by atoms with Gasteiger partial charge in [-0.2, -0.15) is 4.99 Å². The highest BCUT2D eigenvalue weighted by Crippen LogP contribution is 2.41. The number of amides is 1. The molecule has 2 aliphatic rings. The normalized spacial score (nSPS) is 23.5. The predicted molar refractivity (Wildman–Crippen MR) is 125 cm³/mol. The number of anilines is 2. The van der Waals surface area contributed by atoms with Crippen LogP contribution in [0.1, 0.15) is 24.2 Å². The number of hydrogen-bond acceptors (Lipinski definition) is 5. The van der Waals surface area contributed by atoms with Crippen molar-refractivity contribution in [2.75, 3.05) is 34.4 Å². The van der Waals surface area contributed by atoms with Gasteiger partial charge in [0.05, 0.1) is 17.5 Å². The Morgan fingerprint density at radius 3 is 2.37 bits per heavy atom. The van der Waals surface area contributed by atoms with E-state index in [-0.39, 0.29) is 28.7 Å². The van der Waals surface area contributed by atoms with Crippen LogP contribution in [-0.2, 0) is 9.84 Å². The molecule has 158 valence electrons. The highest BCUT2D eigenvalue weighted by molar-refractivity contribution is 8.16. The first-order chi connectivity index (χ1) is 14.4. The summed E-state index contributed by atoms with van der Waals surface area (Å²) in [5.41, 5.74) is 2.50. The Labute approximate surface area is 181 Å². The van der Waals surface area contributed by atoms with Crippen LogP contribution in [0.5, 0.6) is 0 Å². The van der Waals surface area contributed by atoms with Crippen molar-refractivity contribution >= 4 is 44.0 Å². The van der Waals surface area contributed by atoms with Crippen LogP contribution in [-0.4, -0.2) is 55.4 Å². The van der Waals surface area contributed by atoms with Gasteiger partial charge in [0.15, 0.2) is 15.0 Å². The molecule has 2 aromatic carbocycles. The molecule has 30 heavy (non-hydrogen) atoms. The molecule has 1 amide bonds. The number of hydrogen-bond donors (Lipinski definition) is 0. The average molecular weight is 444 g/mol. The van der Waals surface area contributed by atoms with Gasteiger partial charge in [-0.05, 0) is 50.2 Å². The van der Waals surface area contributed by atoms with Crippen LogP contribution in [0.25, 0.3) is 0 Å². The first-order valence-corrected chi connectivity index (χ1v) is 12.8. The van der Waals surface area contributed by atoms with E-state index in [0.29, 0.717) is 10.7 Å². The number of carbonyl (C=O) groups is 1. The number of aliphatic imine (C=N–C) groups is 1. The van der Waals surface area contributed by atoms with Crippen molar-refractivity contribution < 1.29 is 13.2 Å². The van der Waals surface area contributed by atoms with Gasteiger partial charge in [-0.25, -0.2) is 8.42 Å². The summed E-state index contributed by atoms with van der Waals surface area (Å²) >= 11 is 1.39. The van der Waals surface area contributed by atoms with Crippen molar-refractivity contribution in [3.8, 4) is 0 Å². The fraction of sp³-hybridized carbons (Fsp3) is 0.364. The van der Waals surface area contributed by atoms with Crippen molar-refractivity contribution in [2.45, 2.75) is 25.1 Å². The monoisotopic (exact) mass is 443 g/mol. The molecule has 2 aromatic rings. The maximum Gasteiger partial charge on any atom is 0.279 e. The van der Waals surface area contributed by atoms with E-state index in [0.717, 1.165) is 24.5 Å². The third-order valence-electron chi connectivity index (χ3n) is 5.54. The van der Waals surface area contributed by atoms with Gasteiger partial charge < -0.3 is 9.80 Å². The lowest BCUT2D eigenvalue weighted by atomic mass is 10.2. The van der Waals surface area contributed by atoms with E-state index < -0.39 is 9.84 Å².